The first-order chi connectivity index (χ1) is 8.18. The fourth-order valence-electron chi connectivity index (χ4n) is 2.69. The van der Waals surface area contributed by atoms with E-state index in [1.54, 1.807) is 6.07 Å². The molecule has 1 unspecified atom stereocenters. The minimum atomic E-state index is -0.176. The van der Waals surface area contributed by atoms with Crippen molar-refractivity contribution in [1.82, 2.24) is 0 Å². The average Bonchev–Trinajstić information content (AvgIpc) is 2.60. The molecule has 0 saturated heterocycles. The second kappa shape index (κ2) is 5.96. The Morgan fingerprint density at radius 2 is 1.82 bits per heavy atom. The van der Waals surface area contributed by atoms with Crippen LogP contribution in [0, 0.1) is 11.7 Å². The van der Waals surface area contributed by atoms with Gasteiger partial charge in [-0.3, -0.25) is 0 Å². The monoisotopic (exact) mass is 299 g/mol. The molecule has 0 radical (unpaired) electrons. The highest BCUT2D eigenvalue weighted by atomic mass is 79.9. The summed E-state index contributed by atoms with van der Waals surface area (Å²) in [6, 6.07) is 4.88. The maximum Gasteiger partial charge on any atom is 0.128 e. The Labute approximate surface area is 111 Å². The summed E-state index contributed by atoms with van der Waals surface area (Å²) >= 11 is 3.38. The standard InChI is InChI=1S/C14H19BrFN/c15-11-7-8-13(16)12(9-11)14(17)10-5-3-1-2-4-6-10/h7-10,14H,1-6,17H2. The van der Waals surface area contributed by atoms with Crippen molar-refractivity contribution in [3.8, 4) is 0 Å². The third-order valence-electron chi connectivity index (χ3n) is 3.72. The van der Waals surface area contributed by atoms with Gasteiger partial charge in [0.1, 0.15) is 5.82 Å². The van der Waals surface area contributed by atoms with Gasteiger partial charge in [-0.25, -0.2) is 4.39 Å². The minimum Gasteiger partial charge on any atom is -0.324 e. The zero-order chi connectivity index (χ0) is 12.3. The van der Waals surface area contributed by atoms with Crippen LogP contribution in [-0.2, 0) is 0 Å². The maximum atomic E-state index is 13.8. The summed E-state index contributed by atoms with van der Waals surface area (Å²) in [5.41, 5.74) is 6.91. The second-order valence-electron chi connectivity index (χ2n) is 4.94. The minimum absolute atomic E-state index is 0.161. The van der Waals surface area contributed by atoms with Gasteiger partial charge in [0.2, 0.25) is 0 Å². The first-order valence-electron chi connectivity index (χ1n) is 6.39. The lowest BCUT2D eigenvalue weighted by Crippen LogP contribution is -2.22. The molecule has 0 amide bonds. The highest BCUT2D eigenvalue weighted by Gasteiger charge is 2.23. The molecule has 1 saturated carbocycles. The van der Waals surface area contributed by atoms with E-state index < -0.39 is 0 Å². The van der Waals surface area contributed by atoms with Gasteiger partial charge in [0.05, 0.1) is 0 Å². The quantitative estimate of drug-likeness (QED) is 0.796. The second-order valence-corrected chi connectivity index (χ2v) is 5.86. The third kappa shape index (κ3) is 3.29. The van der Waals surface area contributed by atoms with E-state index in [4.69, 9.17) is 5.73 Å². The molecule has 0 aromatic heterocycles. The molecule has 0 heterocycles. The molecule has 0 aliphatic heterocycles. The van der Waals surface area contributed by atoms with Crippen LogP contribution in [0.25, 0.3) is 0 Å². The largest absolute Gasteiger partial charge is 0.324 e. The highest BCUT2D eigenvalue weighted by Crippen LogP contribution is 2.33. The molecule has 2 rings (SSSR count). The summed E-state index contributed by atoms with van der Waals surface area (Å²) in [7, 11) is 0. The summed E-state index contributed by atoms with van der Waals surface area (Å²) in [5.74, 6) is 0.256. The average molecular weight is 300 g/mol. The molecule has 1 nitrogen and oxygen atoms in total. The molecule has 3 heteroatoms. The van der Waals surface area contributed by atoms with E-state index in [-0.39, 0.29) is 11.9 Å². The Kier molecular flexibility index (Phi) is 4.57. The van der Waals surface area contributed by atoms with Crippen molar-refractivity contribution in [2.45, 2.75) is 44.6 Å². The molecule has 2 N–H and O–H groups in total. The summed E-state index contributed by atoms with van der Waals surface area (Å²) in [5, 5.41) is 0. The molecule has 1 atom stereocenters. The van der Waals surface area contributed by atoms with Gasteiger partial charge in [-0.15, -0.1) is 0 Å². The van der Waals surface area contributed by atoms with E-state index in [0.29, 0.717) is 11.5 Å². The summed E-state index contributed by atoms with van der Waals surface area (Å²) in [6.07, 6.45) is 7.32. The van der Waals surface area contributed by atoms with Gasteiger partial charge in [0.15, 0.2) is 0 Å². The molecule has 1 aliphatic rings. The number of rotatable bonds is 2. The van der Waals surface area contributed by atoms with Crippen LogP contribution in [0.15, 0.2) is 22.7 Å². The Morgan fingerprint density at radius 3 is 2.47 bits per heavy atom. The fourth-order valence-corrected chi connectivity index (χ4v) is 3.07. The van der Waals surface area contributed by atoms with E-state index in [9.17, 15) is 4.39 Å². The Bertz CT molecular complexity index is 372. The van der Waals surface area contributed by atoms with E-state index in [0.717, 1.165) is 17.3 Å². The maximum absolute atomic E-state index is 13.8. The number of halogens is 2. The molecule has 1 aliphatic carbocycles. The SMILES string of the molecule is NC(c1cc(Br)ccc1F)C1CCCCCC1. The predicted octanol–water partition coefficient (Wildman–Crippen LogP) is 4.56. The van der Waals surface area contributed by atoms with Gasteiger partial charge in [-0.05, 0) is 37.0 Å². The first-order valence-corrected chi connectivity index (χ1v) is 7.18. The van der Waals surface area contributed by atoms with Gasteiger partial charge >= 0.3 is 0 Å². The molecule has 1 aromatic carbocycles. The molecule has 0 bridgehead atoms. The molecule has 94 valence electrons. The van der Waals surface area contributed by atoms with E-state index in [2.05, 4.69) is 15.9 Å². The van der Waals surface area contributed by atoms with Crippen LogP contribution in [0.5, 0.6) is 0 Å². The van der Waals surface area contributed by atoms with Crippen LogP contribution in [0.2, 0.25) is 0 Å². The van der Waals surface area contributed by atoms with Crippen LogP contribution in [-0.4, -0.2) is 0 Å². The van der Waals surface area contributed by atoms with Crippen molar-refractivity contribution >= 4 is 15.9 Å². The molecule has 1 aromatic rings. The van der Waals surface area contributed by atoms with E-state index in [1.807, 2.05) is 6.07 Å². The normalized spacial score (nSPS) is 19.9. The van der Waals surface area contributed by atoms with Gasteiger partial charge in [0, 0.05) is 16.1 Å². The van der Waals surface area contributed by atoms with Crippen molar-refractivity contribution in [2.24, 2.45) is 11.7 Å². The fraction of sp³-hybridized carbons (Fsp3) is 0.571. The lowest BCUT2D eigenvalue weighted by Gasteiger charge is -2.23. The number of hydrogen-bond donors (Lipinski definition) is 1. The van der Waals surface area contributed by atoms with Crippen LogP contribution >= 0.6 is 15.9 Å². The van der Waals surface area contributed by atoms with Gasteiger partial charge < -0.3 is 5.73 Å². The summed E-state index contributed by atoms with van der Waals surface area (Å²) in [4.78, 5) is 0. The van der Waals surface area contributed by atoms with Crippen molar-refractivity contribution in [3.05, 3.63) is 34.1 Å². The van der Waals surface area contributed by atoms with E-state index >= 15 is 0 Å². The highest BCUT2D eigenvalue weighted by molar-refractivity contribution is 9.10. The van der Waals surface area contributed by atoms with Gasteiger partial charge in [-0.2, -0.15) is 0 Å². The van der Waals surface area contributed by atoms with Crippen molar-refractivity contribution in [2.75, 3.05) is 0 Å². The van der Waals surface area contributed by atoms with Crippen LogP contribution < -0.4 is 5.73 Å². The first kappa shape index (κ1) is 13.0. The van der Waals surface area contributed by atoms with Crippen LogP contribution in [0.1, 0.15) is 50.1 Å². The van der Waals surface area contributed by atoms with Crippen molar-refractivity contribution in [3.63, 3.8) is 0 Å². The predicted molar refractivity (Wildman–Crippen MR) is 72.2 cm³/mol. The van der Waals surface area contributed by atoms with E-state index in [1.165, 1.54) is 31.7 Å². The Balaban J connectivity index is 2.16. The Morgan fingerprint density at radius 1 is 1.18 bits per heavy atom. The molecular formula is C14H19BrFN. The van der Waals surface area contributed by atoms with Gasteiger partial charge in [0.25, 0.3) is 0 Å². The zero-order valence-corrected chi connectivity index (χ0v) is 11.5. The number of benzene rings is 1. The van der Waals surface area contributed by atoms with Gasteiger partial charge in [-0.1, -0.05) is 41.6 Å². The van der Waals surface area contributed by atoms with Crippen molar-refractivity contribution < 1.29 is 4.39 Å². The molecule has 1 fully saturated rings. The Hall–Kier alpha value is -0.410. The summed E-state index contributed by atoms with van der Waals surface area (Å²) < 4.78 is 14.7. The van der Waals surface area contributed by atoms with Crippen LogP contribution in [0.4, 0.5) is 4.39 Å². The zero-order valence-electron chi connectivity index (χ0n) is 9.96. The van der Waals surface area contributed by atoms with Crippen LogP contribution in [0.3, 0.4) is 0 Å². The number of hydrogen-bond acceptors (Lipinski definition) is 1. The molecule has 0 spiro atoms. The number of nitrogens with two attached hydrogens (primary N) is 1. The lowest BCUT2D eigenvalue weighted by molar-refractivity contribution is 0.373. The van der Waals surface area contributed by atoms with Crippen molar-refractivity contribution in [1.29, 1.82) is 0 Å². The molecule has 17 heavy (non-hydrogen) atoms. The topological polar surface area (TPSA) is 26.0 Å². The third-order valence-corrected chi connectivity index (χ3v) is 4.22. The summed E-state index contributed by atoms with van der Waals surface area (Å²) in [6.45, 7) is 0. The smallest absolute Gasteiger partial charge is 0.128 e. The lowest BCUT2D eigenvalue weighted by atomic mass is 9.87. The molecular weight excluding hydrogens is 281 g/mol.